The zero-order valence-electron chi connectivity index (χ0n) is 40.4. The van der Waals surface area contributed by atoms with Crippen LogP contribution in [0, 0.1) is 0 Å². The SMILES string of the molecule is CCCCCCC/C=C\C/C=C\CCCCCCCCCCCCCCCCCCCC(=O)NC(COC1OC(CO)C(O)C(O)C1O)C(O)CCCCCCCCCCCC. The molecule has 0 aliphatic carbocycles. The summed E-state index contributed by atoms with van der Waals surface area (Å²) in [5.74, 6) is -0.143. The van der Waals surface area contributed by atoms with Crippen molar-refractivity contribution in [3.63, 3.8) is 0 Å². The van der Waals surface area contributed by atoms with Crippen LogP contribution in [0.4, 0.5) is 0 Å². The summed E-state index contributed by atoms with van der Waals surface area (Å²) in [6.45, 7) is 3.82. The molecule has 1 aliphatic heterocycles. The van der Waals surface area contributed by atoms with Gasteiger partial charge in [0.25, 0.3) is 0 Å². The van der Waals surface area contributed by atoms with E-state index in [1.807, 2.05) is 0 Å². The fourth-order valence-corrected chi connectivity index (χ4v) is 8.55. The summed E-state index contributed by atoms with van der Waals surface area (Å²) >= 11 is 0. The van der Waals surface area contributed by atoms with Gasteiger partial charge in [0, 0.05) is 6.42 Å². The Bertz CT molecular complexity index is 1020. The van der Waals surface area contributed by atoms with Crippen molar-refractivity contribution < 1.29 is 39.8 Å². The quantitative estimate of drug-likeness (QED) is 0.0262. The first-order valence-corrected chi connectivity index (χ1v) is 26.5. The van der Waals surface area contributed by atoms with E-state index in [0.29, 0.717) is 12.8 Å². The maximum Gasteiger partial charge on any atom is 0.220 e. The largest absolute Gasteiger partial charge is 0.394 e. The Hall–Kier alpha value is -1.33. The van der Waals surface area contributed by atoms with Gasteiger partial charge in [-0.2, -0.15) is 0 Å². The first-order valence-electron chi connectivity index (χ1n) is 26.5. The molecule has 366 valence electrons. The minimum absolute atomic E-state index is 0.135. The molecule has 9 heteroatoms. The lowest BCUT2D eigenvalue weighted by molar-refractivity contribution is -0.302. The van der Waals surface area contributed by atoms with Crippen LogP contribution in [0.3, 0.4) is 0 Å². The zero-order valence-corrected chi connectivity index (χ0v) is 40.4. The Morgan fingerprint density at radius 1 is 0.548 bits per heavy atom. The fraction of sp³-hybridized carbons (Fsp3) is 0.906. The lowest BCUT2D eigenvalue weighted by Crippen LogP contribution is -2.60. The molecule has 1 heterocycles. The van der Waals surface area contributed by atoms with Crippen molar-refractivity contribution in [3.8, 4) is 0 Å². The molecule has 0 radical (unpaired) electrons. The number of carbonyl (C=O) groups is 1. The van der Waals surface area contributed by atoms with Gasteiger partial charge in [0.15, 0.2) is 6.29 Å². The predicted octanol–water partition coefficient (Wildman–Crippen LogP) is 12.2. The molecule has 1 aliphatic rings. The minimum Gasteiger partial charge on any atom is -0.394 e. The van der Waals surface area contributed by atoms with E-state index in [9.17, 15) is 30.3 Å². The summed E-state index contributed by atoms with van der Waals surface area (Å²) in [7, 11) is 0. The highest BCUT2D eigenvalue weighted by Gasteiger charge is 2.44. The Morgan fingerprint density at radius 2 is 0.952 bits per heavy atom. The Kier molecular flexibility index (Phi) is 41.2. The minimum atomic E-state index is -1.55. The first-order chi connectivity index (χ1) is 30.3. The molecule has 0 saturated carbocycles. The number of nitrogens with one attached hydrogen (secondary N) is 1. The van der Waals surface area contributed by atoms with E-state index in [0.717, 1.165) is 44.9 Å². The topological polar surface area (TPSA) is 149 Å². The number of carbonyl (C=O) groups excluding carboxylic acids is 1. The Labute approximate surface area is 381 Å². The molecule has 0 aromatic carbocycles. The number of ether oxygens (including phenoxy) is 2. The standard InChI is InChI=1S/C53H101NO8/c1-3-5-7-9-11-13-15-16-17-18-19-20-21-22-23-24-25-26-27-28-29-30-31-32-33-35-37-39-41-43-49(57)54-46(45-61-53-52(60)51(59)50(58)48(44-55)62-53)47(56)42-40-38-36-34-14-12-10-8-6-4-2/h15-16,18-19,46-48,50-53,55-56,58-60H,3-14,17,20-45H2,1-2H3,(H,54,57)/b16-15-,19-18-. The van der Waals surface area contributed by atoms with Gasteiger partial charge in [-0.3, -0.25) is 4.79 Å². The van der Waals surface area contributed by atoms with Gasteiger partial charge in [-0.25, -0.2) is 0 Å². The molecule has 6 N–H and O–H groups in total. The van der Waals surface area contributed by atoms with Crippen molar-refractivity contribution in [1.29, 1.82) is 0 Å². The lowest BCUT2D eigenvalue weighted by Gasteiger charge is -2.40. The zero-order chi connectivity index (χ0) is 45.1. The second kappa shape index (κ2) is 43.6. The highest BCUT2D eigenvalue weighted by atomic mass is 16.7. The molecule has 1 amide bonds. The van der Waals surface area contributed by atoms with Gasteiger partial charge in [0.05, 0.1) is 25.4 Å². The molecular weight excluding hydrogens is 779 g/mol. The molecule has 0 spiro atoms. The summed E-state index contributed by atoms with van der Waals surface area (Å²) < 4.78 is 11.3. The van der Waals surface area contributed by atoms with E-state index >= 15 is 0 Å². The molecule has 7 unspecified atom stereocenters. The fourth-order valence-electron chi connectivity index (χ4n) is 8.55. The van der Waals surface area contributed by atoms with Crippen LogP contribution >= 0.6 is 0 Å². The second-order valence-electron chi connectivity index (χ2n) is 18.7. The third-order valence-corrected chi connectivity index (χ3v) is 12.8. The van der Waals surface area contributed by atoms with Gasteiger partial charge in [-0.1, -0.05) is 224 Å². The van der Waals surface area contributed by atoms with Crippen molar-refractivity contribution in [2.24, 2.45) is 0 Å². The van der Waals surface area contributed by atoms with Crippen LogP contribution in [0.5, 0.6) is 0 Å². The van der Waals surface area contributed by atoms with Crippen LogP contribution in [0.1, 0.15) is 251 Å². The number of allylic oxidation sites excluding steroid dienone is 4. The average Bonchev–Trinajstić information content (AvgIpc) is 3.27. The monoisotopic (exact) mass is 880 g/mol. The summed E-state index contributed by atoms with van der Waals surface area (Å²) in [4.78, 5) is 13.0. The number of hydrogen-bond donors (Lipinski definition) is 6. The van der Waals surface area contributed by atoms with Gasteiger partial charge < -0.3 is 40.3 Å². The van der Waals surface area contributed by atoms with E-state index in [1.54, 1.807) is 0 Å². The number of aliphatic hydroxyl groups is 5. The van der Waals surface area contributed by atoms with Crippen LogP contribution < -0.4 is 5.32 Å². The average molecular weight is 880 g/mol. The maximum absolute atomic E-state index is 13.0. The Balaban J connectivity index is 2.12. The summed E-state index contributed by atoms with van der Waals surface area (Å²) in [6, 6.07) is -0.714. The van der Waals surface area contributed by atoms with Crippen LogP contribution in [0.15, 0.2) is 24.3 Å². The van der Waals surface area contributed by atoms with Gasteiger partial charge in [0.1, 0.15) is 24.4 Å². The van der Waals surface area contributed by atoms with Crippen LogP contribution in [-0.2, 0) is 14.3 Å². The normalized spacial score (nSPS) is 20.4. The number of aliphatic hydroxyl groups excluding tert-OH is 5. The summed E-state index contributed by atoms with van der Waals surface area (Å²) in [6.07, 6.45) is 46.4. The molecule has 7 atom stereocenters. The highest BCUT2D eigenvalue weighted by molar-refractivity contribution is 5.76. The highest BCUT2D eigenvalue weighted by Crippen LogP contribution is 2.23. The van der Waals surface area contributed by atoms with Crippen LogP contribution in [0.25, 0.3) is 0 Å². The molecule has 0 bridgehead atoms. The van der Waals surface area contributed by atoms with Crippen molar-refractivity contribution >= 4 is 5.91 Å². The van der Waals surface area contributed by atoms with E-state index in [1.165, 1.54) is 180 Å². The predicted molar refractivity (Wildman–Crippen MR) is 258 cm³/mol. The van der Waals surface area contributed by atoms with Crippen molar-refractivity contribution in [2.75, 3.05) is 13.2 Å². The van der Waals surface area contributed by atoms with Crippen molar-refractivity contribution in [3.05, 3.63) is 24.3 Å². The molecule has 62 heavy (non-hydrogen) atoms. The number of hydrogen-bond acceptors (Lipinski definition) is 8. The molecule has 9 nitrogen and oxygen atoms in total. The van der Waals surface area contributed by atoms with E-state index in [2.05, 4.69) is 43.5 Å². The first kappa shape index (κ1) is 58.7. The number of amides is 1. The second-order valence-corrected chi connectivity index (χ2v) is 18.7. The van der Waals surface area contributed by atoms with Gasteiger partial charge in [-0.15, -0.1) is 0 Å². The third-order valence-electron chi connectivity index (χ3n) is 12.8. The van der Waals surface area contributed by atoms with E-state index in [4.69, 9.17) is 9.47 Å². The number of rotatable bonds is 45. The van der Waals surface area contributed by atoms with Crippen LogP contribution in [0.2, 0.25) is 0 Å². The van der Waals surface area contributed by atoms with Crippen LogP contribution in [-0.4, -0.2) is 87.5 Å². The van der Waals surface area contributed by atoms with Gasteiger partial charge >= 0.3 is 0 Å². The smallest absolute Gasteiger partial charge is 0.220 e. The van der Waals surface area contributed by atoms with Gasteiger partial charge in [0.2, 0.25) is 5.91 Å². The molecule has 1 rings (SSSR count). The van der Waals surface area contributed by atoms with Crippen molar-refractivity contribution in [1.82, 2.24) is 5.32 Å². The third kappa shape index (κ3) is 33.2. The maximum atomic E-state index is 13.0. The lowest BCUT2D eigenvalue weighted by atomic mass is 9.99. The summed E-state index contributed by atoms with van der Waals surface area (Å²) in [5.41, 5.74) is 0. The molecule has 0 aromatic heterocycles. The molecular formula is C53H101NO8. The molecule has 1 saturated heterocycles. The number of unbranched alkanes of at least 4 members (excludes halogenated alkanes) is 31. The van der Waals surface area contributed by atoms with Crippen molar-refractivity contribution in [2.45, 2.75) is 294 Å². The van der Waals surface area contributed by atoms with E-state index < -0.39 is 49.5 Å². The molecule has 1 fully saturated rings. The molecule has 0 aromatic rings. The summed E-state index contributed by atoms with van der Waals surface area (Å²) in [5, 5.41) is 54.3. The van der Waals surface area contributed by atoms with E-state index in [-0.39, 0.29) is 12.5 Å². The van der Waals surface area contributed by atoms with Gasteiger partial charge in [-0.05, 0) is 44.9 Å². The Morgan fingerprint density at radius 3 is 1.39 bits per heavy atom.